The first-order chi connectivity index (χ1) is 16.4. The van der Waals surface area contributed by atoms with Crippen LogP contribution in [0.4, 0.5) is 5.69 Å². The van der Waals surface area contributed by atoms with Crippen LogP contribution in [-0.2, 0) is 21.4 Å². The molecule has 0 unspecified atom stereocenters. The Morgan fingerprint density at radius 2 is 1.79 bits per heavy atom. The highest BCUT2D eigenvalue weighted by Gasteiger charge is 2.29. The molecule has 1 aromatic heterocycles. The molecule has 4 rings (SSSR count). The van der Waals surface area contributed by atoms with Crippen LogP contribution in [0.2, 0.25) is 0 Å². The van der Waals surface area contributed by atoms with Crippen LogP contribution in [0.25, 0.3) is 5.69 Å². The highest BCUT2D eigenvalue weighted by atomic mass is 32.2. The molecule has 1 fully saturated rings. The van der Waals surface area contributed by atoms with E-state index in [1.54, 1.807) is 37.3 Å². The van der Waals surface area contributed by atoms with Crippen LogP contribution in [0.15, 0.2) is 58.2 Å². The van der Waals surface area contributed by atoms with E-state index >= 15 is 0 Å². The fraction of sp³-hybridized carbons (Fsp3) is 0.364. The molecule has 0 aliphatic carbocycles. The van der Waals surface area contributed by atoms with Crippen LogP contribution in [0.3, 0.4) is 0 Å². The fourth-order valence-electron chi connectivity index (χ4n) is 3.75. The second-order valence-corrected chi connectivity index (χ2v) is 9.68. The fourth-order valence-corrected chi connectivity index (χ4v) is 5.42. The second kappa shape index (κ2) is 10.2. The van der Waals surface area contributed by atoms with Crippen LogP contribution in [0.5, 0.6) is 5.75 Å². The number of sulfonamides is 1. The van der Waals surface area contributed by atoms with Gasteiger partial charge in [-0.05, 0) is 60.5 Å². The van der Waals surface area contributed by atoms with Gasteiger partial charge >= 0.3 is 5.69 Å². The first-order valence-corrected chi connectivity index (χ1v) is 12.5. The predicted octanol–water partition coefficient (Wildman–Crippen LogP) is 1.64. The summed E-state index contributed by atoms with van der Waals surface area (Å²) in [4.78, 5) is 25.2. The van der Waals surface area contributed by atoms with E-state index < -0.39 is 21.6 Å². The van der Waals surface area contributed by atoms with Crippen LogP contribution in [0.1, 0.15) is 26.2 Å². The molecule has 0 spiro atoms. The lowest BCUT2D eigenvalue weighted by Gasteiger charge is -2.27. The third kappa shape index (κ3) is 5.02. The SMILES string of the molecule is CCOc1ccc(NC(=O)Cn2nnn(-c3ccccc3)c2=O)cc1S(=O)(=O)N1CCCCC1. The summed E-state index contributed by atoms with van der Waals surface area (Å²) in [6.07, 6.45) is 2.60. The van der Waals surface area contributed by atoms with Crippen molar-refractivity contribution in [3.05, 3.63) is 59.0 Å². The van der Waals surface area contributed by atoms with Gasteiger partial charge in [0.05, 0.1) is 12.3 Å². The number of para-hydroxylation sites is 1. The average molecular weight is 487 g/mol. The highest BCUT2D eigenvalue weighted by Crippen LogP contribution is 2.31. The maximum absolute atomic E-state index is 13.3. The lowest BCUT2D eigenvalue weighted by atomic mass is 10.2. The molecule has 0 atom stereocenters. The summed E-state index contributed by atoms with van der Waals surface area (Å²) < 4.78 is 35.5. The van der Waals surface area contributed by atoms with Crippen LogP contribution >= 0.6 is 0 Å². The minimum absolute atomic E-state index is 0.00115. The summed E-state index contributed by atoms with van der Waals surface area (Å²) in [7, 11) is -3.79. The number of carbonyl (C=O) groups is 1. The first-order valence-electron chi connectivity index (χ1n) is 11.0. The van der Waals surface area contributed by atoms with Crippen molar-refractivity contribution in [1.82, 2.24) is 24.1 Å². The van der Waals surface area contributed by atoms with Crippen LogP contribution < -0.4 is 15.7 Å². The monoisotopic (exact) mass is 486 g/mol. The number of aromatic nitrogens is 4. The number of anilines is 1. The normalized spacial score (nSPS) is 14.6. The zero-order valence-electron chi connectivity index (χ0n) is 18.8. The Bertz CT molecular complexity index is 1310. The molecular formula is C22H26N6O5S. The number of tetrazole rings is 1. The van der Waals surface area contributed by atoms with Crippen molar-refractivity contribution in [3.63, 3.8) is 0 Å². The maximum Gasteiger partial charge on any atom is 0.368 e. The molecule has 34 heavy (non-hydrogen) atoms. The van der Waals surface area contributed by atoms with Gasteiger partial charge in [0.2, 0.25) is 15.9 Å². The number of rotatable bonds is 8. The van der Waals surface area contributed by atoms with Crippen molar-refractivity contribution in [2.75, 3.05) is 25.0 Å². The molecule has 11 nitrogen and oxygen atoms in total. The largest absolute Gasteiger partial charge is 0.492 e. The smallest absolute Gasteiger partial charge is 0.368 e. The van der Waals surface area contributed by atoms with Crippen LogP contribution in [-0.4, -0.2) is 58.1 Å². The van der Waals surface area contributed by atoms with Gasteiger partial charge in [-0.1, -0.05) is 24.6 Å². The summed E-state index contributed by atoms with van der Waals surface area (Å²) in [6, 6.07) is 13.2. The van der Waals surface area contributed by atoms with Gasteiger partial charge in [-0.2, -0.15) is 13.7 Å². The number of hydrogen-bond donors (Lipinski definition) is 1. The maximum atomic E-state index is 13.3. The van der Waals surface area contributed by atoms with Gasteiger partial charge in [-0.25, -0.2) is 13.2 Å². The molecule has 12 heteroatoms. The zero-order chi connectivity index (χ0) is 24.1. The Kier molecular flexibility index (Phi) is 7.08. The van der Waals surface area contributed by atoms with Gasteiger partial charge in [0.15, 0.2) is 0 Å². The number of nitrogens with zero attached hydrogens (tertiary/aromatic N) is 5. The molecule has 0 saturated carbocycles. The number of amides is 1. The number of nitrogens with one attached hydrogen (secondary N) is 1. The first kappa shape index (κ1) is 23.6. The van der Waals surface area contributed by atoms with Gasteiger partial charge < -0.3 is 10.1 Å². The molecule has 1 aliphatic rings. The summed E-state index contributed by atoms with van der Waals surface area (Å²) in [5, 5.41) is 10.2. The number of piperidine rings is 1. The predicted molar refractivity (Wildman–Crippen MR) is 124 cm³/mol. The van der Waals surface area contributed by atoms with Crippen molar-refractivity contribution >= 4 is 21.6 Å². The van der Waals surface area contributed by atoms with E-state index in [2.05, 4.69) is 15.7 Å². The Hall–Kier alpha value is -3.51. The Balaban J connectivity index is 1.54. The van der Waals surface area contributed by atoms with Crippen molar-refractivity contribution in [3.8, 4) is 11.4 Å². The molecule has 0 radical (unpaired) electrons. The van der Waals surface area contributed by atoms with E-state index in [0.717, 1.165) is 28.6 Å². The number of ether oxygens (including phenoxy) is 1. The molecule has 0 bridgehead atoms. The summed E-state index contributed by atoms with van der Waals surface area (Å²) in [5.41, 5.74) is 0.229. The van der Waals surface area contributed by atoms with Gasteiger partial charge in [-0.15, -0.1) is 0 Å². The summed E-state index contributed by atoms with van der Waals surface area (Å²) in [6.45, 7) is 2.59. The van der Waals surface area contributed by atoms with Crippen molar-refractivity contribution in [1.29, 1.82) is 0 Å². The lowest BCUT2D eigenvalue weighted by molar-refractivity contribution is -0.117. The van der Waals surface area contributed by atoms with Crippen molar-refractivity contribution in [2.45, 2.75) is 37.6 Å². The standard InChI is InChI=1S/C22H26N6O5S/c1-2-33-19-12-11-17(15-20(19)34(31,32)26-13-7-4-8-14-26)23-21(29)16-27-22(30)28(25-24-27)18-9-5-3-6-10-18/h3,5-6,9-12,15H,2,4,7-8,13-14,16H2,1H3,(H,23,29). The molecule has 1 aliphatic heterocycles. The number of carbonyl (C=O) groups excluding carboxylic acids is 1. The van der Waals surface area contributed by atoms with E-state index in [1.165, 1.54) is 16.4 Å². The Morgan fingerprint density at radius 1 is 1.06 bits per heavy atom. The third-order valence-electron chi connectivity index (χ3n) is 5.39. The molecule has 1 N–H and O–H groups in total. The molecule has 180 valence electrons. The van der Waals surface area contributed by atoms with E-state index in [0.29, 0.717) is 25.4 Å². The molecule has 2 aromatic carbocycles. The van der Waals surface area contributed by atoms with E-state index in [-0.39, 0.29) is 22.9 Å². The Labute approximate surface area is 197 Å². The zero-order valence-corrected chi connectivity index (χ0v) is 19.6. The van der Waals surface area contributed by atoms with Crippen molar-refractivity contribution < 1.29 is 17.9 Å². The van der Waals surface area contributed by atoms with Gasteiger partial charge in [0.25, 0.3) is 0 Å². The molecule has 3 aromatic rings. The summed E-state index contributed by atoms with van der Waals surface area (Å²) >= 11 is 0. The van der Waals surface area contributed by atoms with Crippen LogP contribution in [0, 0.1) is 0 Å². The quantitative estimate of drug-likeness (QED) is 0.512. The van der Waals surface area contributed by atoms with Gasteiger partial charge in [0, 0.05) is 18.8 Å². The minimum atomic E-state index is -3.79. The number of hydrogen-bond acceptors (Lipinski definition) is 7. The summed E-state index contributed by atoms with van der Waals surface area (Å²) in [5.74, 6) is -0.319. The van der Waals surface area contributed by atoms with Gasteiger partial charge in [0.1, 0.15) is 17.2 Å². The lowest BCUT2D eigenvalue weighted by Crippen LogP contribution is -2.36. The minimum Gasteiger partial charge on any atom is -0.492 e. The molecule has 1 amide bonds. The number of benzene rings is 2. The van der Waals surface area contributed by atoms with Gasteiger partial charge in [-0.3, -0.25) is 4.79 Å². The van der Waals surface area contributed by atoms with E-state index in [9.17, 15) is 18.0 Å². The Morgan fingerprint density at radius 3 is 2.50 bits per heavy atom. The van der Waals surface area contributed by atoms with E-state index in [4.69, 9.17) is 4.74 Å². The van der Waals surface area contributed by atoms with Crippen molar-refractivity contribution in [2.24, 2.45) is 0 Å². The molecule has 1 saturated heterocycles. The van der Waals surface area contributed by atoms with E-state index in [1.807, 2.05) is 6.07 Å². The third-order valence-corrected chi connectivity index (χ3v) is 7.31. The second-order valence-electron chi connectivity index (χ2n) is 7.77. The topological polar surface area (TPSA) is 128 Å². The molecule has 2 heterocycles. The molecular weight excluding hydrogens is 460 g/mol. The highest BCUT2D eigenvalue weighted by molar-refractivity contribution is 7.89. The average Bonchev–Trinajstić information content (AvgIpc) is 3.21.